The van der Waals surface area contributed by atoms with E-state index in [4.69, 9.17) is 10.5 Å². The fraction of sp³-hybridized carbons (Fsp3) is 0.533. The van der Waals surface area contributed by atoms with Gasteiger partial charge in [0, 0.05) is 6.54 Å². The highest BCUT2D eigenvalue weighted by atomic mass is 16.5. The second kappa shape index (κ2) is 6.57. The molecule has 0 radical (unpaired) electrons. The zero-order valence-electron chi connectivity index (χ0n) is 11.4. The monoisotopic (exact) mass is 262 g/mol. The largest absolute Gasteiger partial charge is 0.493 e. The summed E-state index contributed by atoms with van der Waals surface area (Å²) in [6, 6.07) is 6.02. The molecule has 0 saturated carbocycles. The Morgan fingerprint density at radius 1 is 1.53 bits per heavy atom. The average molecular weight is 262 g/mol. The van der Waals surface area contributed by atoms with Gasteiger partial charge in [-0.25, -0.2) is 0 Å². The number of rotatable bonds is 5. The molecule has 2 rings (SSSR count). The SMILES string of the molecule is CC(CN)CNC(=O)Cc1ccc2c(c1)CCCO2. The lowest BCUT2D eigenvalue weighted by Gasteiger charge is -2.18. The molecule has 0 fully saturated rings. The predicted octanol–water partition coefficient (Wildman–Crippen LogP) is 1.27. The molecule has 1 unspecified atom stereocenters. The van der Waals surface area contributed by atoms with Crippen LogP contribution in [0.1, 0.15) is 24.5 Å². The number of ether oxygens (including phenoxy) is 1. The molecule has 4 heteroatoms. The predicted molar refractivity (Wildman–Crippen MR) is 75.2 cm³/mol. The van der Waals surface area contributed by atoms with Crippen LogP contribution in [-0.2, 0) is 17.6 Å². The molecule has 1 aromatic rings. The van der Waals surface area contributed by atoms with Crippen LogP contribution in [0.3, 0.4) is 0 Å². The highest BCUT2D eigenvalue weighted by molar-refractivity contribution is 5.78. The van der Waals surface area contributed by atoms with Gasteiger partial charge in [0.05, 0.1) is 13.0 Å². The minimum Gasteiger partial charge on any atom is -0.493 e. The van der Waals surface area contributed by atoms with Crippen molar-refractivity contribution in [2.45, 2.75) is 26.2 Å². The molecule has 1 aliphatic heterocycles. The lowest BCUT2D eigenvalue weighted by atomic mass is 10.0. The highest BCUT2D eigenvalue weighted by Crippen LogP contribution is 2.25. The van der Waals surface area contributed by atoms with E-state index in [-0.39, 0.29) is 5.91 Å². The van der Waals surface area contributed by atoms with Crippen LogP contribution >= 0.6 is 0 Å². The van der Waals surface area contributed by atoms with E-state index in [9.17, 15) is 4.79 Å². The average Bonchev–Trinajstić information content (AvgIpc) is 2.44. The summed E-state index contributed by atoms with van der Waals surface area (Å²) < 4.78 is 5.56. The van der Waals surface area contributed by atoms with Crippen molar-refractivity contribution in [1.82, 2.24) is 5.32 Å². The van der Waals surface area contributed by atoms with Crippen LogP contribution < -0.4 is 15.8 Å². The minimum absolute atomic E-state index is 0.0528. The molecule has 3 N–H and O–H groups in total. The van der Waals surface area contributed by atoms with E-state index < -0.39 is 0 Å². The van der Waals surface area contributed by atoms with Gasteiger partial charge in [-0.3, -0.25) is 4.79 Å². The van der Waals surface area contributed by atoms with Crippen molar-refractivity contribution in [1.29, 1.82) is 0 Å². The number of nitrogens with two attached hydrogens (primary N) is 1. The van der Waals surface area contributed by atoms with Gasteiger partial charge in [0.1, 0.15) is 5.75 Å². The number of carbonyl (C=O) groups excluding carboxylic acids is 1. The van der Waals surface area contributed by atoms with Gasteiger partial charge in [0.15, 0.2) is 0 Å². The number of benzene rings is 1. The van der Waals surface area contributed by atoms with E-state index in [1.54, 1.807) is 0 Å². The zero-order valence-corrected chi connectivity index (χ0v) is 11.4. The molecule has 1 atom stereocenters. The third kappa shape index (κ3) is 3.96. The van der Waals surface area contributed by atoms with Gasteiger partial charge in [0.2, 0.25) is 5.91 Å². The summed E-state index contributed by atoms with van der Waals surface area (Å²) >= 11 is 0. The maximum Gasteiger partial charge on any atom is 0.224 e. The molecular formula is C15H22N2O2. The molecular weight excluding hydrogens is 240 g/mol. The Kier molecular flexibility index (Phi) is 4.80. The first-order valence-electron chi connectivity index (χ1n) is 6.90. The van der Waals surface area contributed by atoms with Crippen molar-refractivity contribution < 1.29 is 9.53 Å². The number of aryl methyl sites for hydroxylation is 1. The third-order valence-electron chi connectivity index (χ3n) is 3.39. The van der Waals surface area contributed by atoms with E-state index in [1.165, 1.54) is 5.56 Å². The van der Waals surface area contributed by atoms with Crippen LogP contribution in [-0.4, -0.2) is 25.6 Å². The second-order valence-corrected chi connectivity index (χ2v) is 5.22. The first-order chi connectivity index (χ1) is 9.19. The lowest BCUT2D eigenvalue weighted by molar-refractivity contribution is -0.120. The van der Waals surface area contributed by atoms with Crippen molar-refractivity contribution in [3.63, 3.8) is 0 Å². The van der Waals surface area contributed by atoms with Crippen molar-refractivity contribution >= 4 is 5.91 Å². The first-order valence-corrected chi connectivity index (χ1v) is 6.90. The van der Waals surface area contributed by atoms with Crippen molar-refractivity contribution in [2.75, 3.05) is 19.7 Å². The fourth-order valence-electron chi connectivity index (χ4n) is 2.14. The summed E-state index contributed by atoms with van der Waals surface area (Å²) in [6.07, 6.45) is 2.51. The summed E-state index contributed by atoms with van der Waals surface area (Å²) in [6.45, 7) is 4.06. The van der Waals surface area contributed by atoms with Crippen LogP contribution in [0.4, 0.5) is 0 Å². The quantitative estimate of drug-likeness (QED) is 0.840. The van der Waals surface area contributed by atoms with Crippen LogP contribution in [0.15, 0.2) is 18.2 Å². The summed E-state index contributed by atoms with van der Waals surface area (Å²) in [4.78, 5) is 11.8. The lowest BCUT2D eigenvalue weighted by Crippen LogP contribution is -2.32. The Morgan fingerprint density at radius 2 is 2.37 bits per heavy atom. The summed E-state index contributed by atoms with van der Waals surface area (Å²) in [5, 5.41) is 2.91. The van der Waals surface area contributed by atoms with Gasteiger partial charge in [-0.05, 0) is 42.5 Å². The fourth-order valence-corrected chi connectivity index (χ4v) is 2.14. The van der Waals surface area contributed by atoms with E-state index in [0.717, 1.165) is 30.8 Å². The smallest absolute Gasteiger partial charge is 0.224 e. The number of hydrogen-bond donors (Lipinski definition) is 2. The molecule has 1 aliphatic rings. The number of amides is 1. The van der Waals surface area contributed by atoms with Crippen molar-refractivity contribution in [3.8, 4) is 5.75 Å². The van der Waals surface area contributed by atoms with Gasteiger partial charge >= 0.3 is 0 Å². The van der Waals surface area contributed by atoms with Crippen LogP contribution in [0.25, 0.3) is 0 Å². The van der Waals surface area contributed by atoms with Crippen molar-refractivity contribution in [2.24, 2.45) is 11.7 Å². The molecule has 0 aliphatic carbocycles. The minimum atomic E-state index is 0.0528. The van der Waals surface area contributed by atoms with Crippen LogP contribution in [0.2, 0.25) is 0 Å². The van der Waals surface area contributed by atoms with E-state index in [0.29, 0.717) is 25.4 Å². The van der Waals surface area contributed by atoms with Crippen molar-refractivity contribution in [3.05, 3.63) is 29.3 Å². The number of nitrogens with one attached hydrogen (secondary N) is 1. The summed E-state index contributed by atoms with van der Waals surface area (Å²) in [5.74, 6) is 1.34. The summed E-state index contributed by atoms with van der Waals surface area (Å²) in [7, 11) is 0. The zero-order chi connectivity index (χ0) is 13.7. The van der Waals surface area contributed by atoms with Gasteiger partial charge in [-0.2, -0.15) is 0 Å². The normalized spacial score (nSPS) is 15.3. The number of hydrogen-bond acceptors (Lipinski definition) is 3. The Hall–Kier alpha value is -1.55. The van der Waals surface area contributed by atoms with Crippen LogP contribution in [0, 0.1) is 5.92 Å². The molecule has 4 nitrogen and oxygen atoms in total. The highest BCUT2D eigenvalue weighted by Gasteiger charge is 2.12. The second-order valence-electron chi connectivity index (χ2n) is 5.22. The molecule has 0 spiro atoms. The Morgan fingerprint density at radius 3 is 3.16 bits per heavy atom. The molecule has 0 saturated heterocycles. The van der Waals surface area contributed by atoms with Gasteiger partial charge in [0.25, 0.3) is 0 Å². The third-order valence-corrected chi connectivity index (χ3v) is 3.39. The van der Waals surface area contributed by atoms with E-state index >= 15 is 0 Å². The van der Waals surface area contributed by atoms with Gasteiger partial charge < -0.3 is 15.8 Å². The molecule has 0 bridgehead atoms. The molecule has 0 aromatic heterocycles. The first kappa shape index (κ1) is 13.9. The summed E-state index contributed by atoms with van der Waals surface area (Å²) in [5.41, 5.74) is 7.78. The number of carbonyl (C=O) groups is 1. The topological polar surface area (TPSA) is 64.3 Å². The van der Waals surface area contributed by atoms with E-state index in [2.05, 4.69) is 11.4 Å². The molecule has 1 aromatic carbocycles. The Balaban J connectivity index is 1.90. The Labute approximate surface area is 114 Å². The maximum atomic E-state index is 11.8. The molecule has 104 valence electrons. The van der Waals surface area contributed by atoms with Gasteiger partial charge in [-0.15, -0.1) is 0 Å². The molecule has 1 heterocycles. The standard InChI is InChI=1S/C15H22N2O2/c1-11(9-16)10-17-15(18)8-12-4-5-14-13(7-12)3-2-6-19-14/h4-5,7,11H,2-3,6,8-10,16H2,1H3,(H,17,18). The van der Waals surface area contributed by atoms with E-state index in [1.807, 2.05) is 19.1 Å². The maximum absolute atomic E-state index is 11.8. The molecule has 1 amide bonds. The molecule has 19 heavy (non-hydrogen) atoms. The van der Waals surface area contributed by atoms with Gasteiger partial charge in [-0.1, -0.05) is 19.1 Å². The number of fused-ring (bicyclic) bond motifs is 1. The van der Waals surface area contributed by atoms with Crippen LogP contribution in [0.5, 0.6) is 5.75 Å². The Bertz CT molecular complexity index is 446.